The number of aryl methyl sites for hydroxylation is 3. The van der Waals surface area contributed by atoms with Crippen LogP contribution in [0, 0.1) is 0 Å². The minimum atomic E-state index is 0.283. The quantitative estimate of drug-likeness (QED) is 0.430. The highest BCUT2D eigenvalue weighted by Crippen LogP contribution is 2.29. The van der Waals surface area contributed by atoms with E-state index in [-0.39, 0.29) is 6.04 Å². The maximum Gasteiger partial charge on any atom is 0.161 e. The van der Waals surface area contributed by atoms with E-state index in [2.05, 4.69) is 33.0 Å². The van der Waals surface area contributed by atoms with Gasteiger partial charge in [0.2, 0.25) is 0 Å². The summed E-state index contributed by atoms with van der Waals surface area (Å²) in [4.78, 5) is 9.59. The van der Waals surface area contributed by atoms with Gasteiger partial charge >= 0.3 is 0 Å². The molecule has 33 heavy (non-hydrogen) atoms. The second kappa shape index (κ2) is 7.59. The number of aromatic nitrogens is 7. The largest absolute Gasteiger partial charge is 0.379 e. The number of pyridine rings is 2. The van der Waals surface area contributed by atoms with E-state index in [1.54, 1.807) is 9.36 Å². The average molecular weight is 444 g/mol. The third kappa shape index (κ3) is 3.48. The number of hydrogen-bond donors (Lipinski definition) is 2. The van der Waals surface area contributed by atoms with Crippen molar-refractivity contribution < 1.29 is 4.74 Å². The van der Waals surface area contributed by atoms with Gasteiger partial charge in [0.1, 0.15) is 23.0 Å². The standard InChI is InChI=1S/C23H25N9O/c1-30-8-6-14-4-5-17(26-22(14)30)19-11-21(31(2)29-19)27-20-10-18(25-15-7-9-33-13-15)16-12-24-32(3)23(16)28-20/h4-6,8,10-12,15H,7,9,13H2,1-3H3,(H2,25,27,28). The maximum atomic E-state index is 5.53. The molecule has 6 heterocycles. The highest BCUT2D eigenvalue weighted by molar-refractivity contribution is 5.91. The lowest BCUT2D eigenvalue weighted by Crippen LogP contribution is -2.19. The lowest BCUT2D eigenvalue weighted by molar-refractivity contribution is 0.195. The van der Waals surface area contributed by atoms with Gasteiger partial charge in [-0.25, -0.2) is 9.97 Å². The van der Waals surface area contributed by atoms with Crippen LogP contribution in [-0.4, -0.2) is 53.4 Å². The first-order valence-corrected chi connectivity index (χ1v) is 11.0. The molecule has 0 spiro atoms. The third-order valence-corrected chi connectivity index (χ3v) is 6.11. The van der Waals surface area contributed by atoms with E-state index in [1.165, 1.54) is 0 Å². The van der Waals surface area contributed by atoms with Crippen molar-refractivity contribution in [1.29, 1.82) is 0 Å². The Morgan fingerprint density at radius 3 is 2.76 bits per heavy atom. The fourth-order valence-electron chi connectivity index (χ4n) is 4.28. The van der Waals surface area contributed by atoms with Gasteiger partial charge in [0.05, 0.1) is 35.6 Å². The number of fused-ring (bicyclic) bond motifs is 2. The number of nitrogens with zero attached hydrogens (tertiary/aromatic N) is 7. The van der Waals surface area contributed by atoms with Crippen LogP contribution >= 0.6 is 0 Å². The molecule has 0 bridgehead atoms. The second-order valence-electron chi connectivity index (χ2n) is 8.46. The van der Waals surface area contributed by atoms with Crippen LogP contribution in [0.2, 0.25) is 0 Å². The first-order valence-electron chi connectivity index (χ1n) is 11.0. The molecule has 168 valence electrons. The molecule has 5 aromatic heterocycles. The lowest BCUT2D eigenvalue weighted by Gasteiger charge is -2.15. The predicted octanol–water partition coefficient (Wildman–Crippen LogP) is 3.20. The second-order valence-corrected chi connectivity index (χ2v) is 8.46. The molecular formula is C23H25N9O. The maximum absolute atomic E-state index is 5.53. The molecule has 1 unspecified atom stereocenters. The summed E-state index contributed by atoms with van der Waals surface area (Å²) < 4.78 is 11.1. The molecule has 10 nitrogen and oxygen atoms in total. The van der Waals surface area contributed by atoms with Gasteiger partial charge in [-0.3, -0.25) is 9.36 Å². The molecule has 1 aliphatic heterocycles. The Hall–Kier alpha value is -3.92. The molecule has 1 saturated heterocycles. The van der Waals surface area contributed by atoms with Gasteiger partial charge in [0.25, 0.3) is 0 Å². The normalized spacial score (nSPS) is 16.2. The summed E-state index contributed by atoms with van der Waals surface area (Å²) in [6.07, 6.45) is 4.84. The Kier molecular flexibility index (Phi) is 4.54. The van der Waals surface area contributed by atoms with Gasteiger partial charge in [-0.2, -0.15) is 10.2 Å². The summed E-state index contributed by atoms with van der Waals surface area (Å²) in [5.41, 5.74) is 4.35. The SMILES string of the molecule is Cn1nc(-c2ccc3ccn(C)c3n2)cc1Nc1cc(NC2CCOC2)c2cnn(C)c2n1. The van der Waals surface area contributed by atoms with Gasteiger partial charge in [-0.15, -0.1) is 0 Å². The number of rotatable bonds is 5. The molecule has 0 aliphatic carbocycles. The van der Waals surface area contributed by atoms with Gasteiger partial charge in [-0.1, -0.05) is 0 Å². The molecule has 5 aromatic rings. The molecule has 1 aliphatic rings. The zero-order valence-electron chi connectivity index (χ0n) is 18.8. The lowest BCUT2D eigenvalue weighted by atomic mass is 10.2. The van der Waals surface area contributed by atoms with Crippen LogP contribution in [0.1, 0.15) is 6.42 Å². The van der Waals surface area contributed by atoms with Crippen molar-refractivity contribution in [2.24, 2.45) is 21.1 Å². The van der Waals surface area contributed by atoms with Gasteiger partial charge in [0, 0.05) is 51.5 Å². The molecule has 0 amide bonds. The van der Waals surface area contributed by atoms with Crippen LogP contribution in [0.3, 0.4) is 0 Å². The molecule has 0 aromatic carbocycles. The van der Waals surface area contributed by atoms with Crippen LogP contribution in [0.25, 0.3) is 33.5 Å². The third-order valence-electron chi connectivity index (χ3n) is 6.11. The number of nitrogens with one attached hydrogen (secondary N) is 2. The van der Waals surface area contributed by atoms with Crippen molar-refractivity contribution in [3.05, 3.63) is 42.7 Å². The van der Waals surface area contributed by atoms with E-state index in [9.17, 15) is 0 Å². The van der Waals surface area contributed by atoms with E-state index >= 15 is 0 Å². The Bertz CT molecular complexity index is 1470. The van der Waals surface area contributed by atoms with E-state index < -0.39 is 0 Å². The average Bonchev–Trinajstić information content (AvgIpc) is 3.59. The number of hydrogen-bond acceptors (Lipinski definition) is 7. The topological polar surface area (TPSA) is 99.6 Å². The van der Waals surface area contributed by atoms with E-state index in [1.807, 2.05) is 56.3 Å². The fraction of sp³-hybridized carbons (Fsp3) is 0.304. The molecule has 2 N–H and O–H groups in total. The zero-order chi connectivity index (χ0) is 22.5. The van der Waals surface area contributed by atoms with Crippen molar-refractivity contribution in [3.8, 4) is 11.4 Å². The Balaban J connectivity index is 1.34. The number of anilines is 3. The molecular weight excluding hydrogens is 418 g/mol. The molecule has 10 heteroatoms. The molecule has 1 fully saturated rings. The minimum Gasteiger partial charge on any atom is -0.379 e. The summed E-state index contributed by atoms with van der Waals surface area (Å²) >= 11 is 0. The van der Waals surface area contributed by atoms with Gasteiger partial charge < -0.3 is 19.9 Å². The van der Waals surface area contributed by atoms with E-state index in [0.29, 0.717) is 12.4 Å². The van der Waals surface area contributed by atoms with Gasteiger partial charge in [-0.05, 0) is 24.6 Å². The molecule has 0 radical (unpaired) electrons. The van der Waals surface area contributed by atoms with Crippen LogP contribution in [0.15, 0.2) is 42.7 Å². The predicted molar refractivity (Wildman–Crippen MR) is 128 cm³/mol. The Labute approximate surface area is 190 Å². The first-order chi connectivity index (χ1) is 16.0. The Morgan fingerprint density at radius 2 is 1.91 bits per heavy atom. The monoisotopic (exact) mass is 443 g/mol. The summed E-state index contributed by atoms with van der Waals surface area (Å²) in [7, 11) is 5.80. The van der Waals surface area contributed by atoms with Crippen molar-refractivity contribution in [3.63, 3.8) is 0 Å². The summed E-state index contributed by atoms with van der Waals surface area (Å²) in [6.45, 7) is 1.49. The zero-order valence-corrected chi connectivity index (χ0v) is 18.8. The van der Waals surface area contributed by atoms with Crippen molar-refractivity contribution in [1.82, 2.24) is 34.1 Å². The van der Waals surface area contributed by atoms with Crippen molar-refractivity contribution in [2.75, 3.05) is 23.8 Å². The smallest absolute Gasteiger partial charge is 0.161 e. The van der Waals surface area contributed by atoms with Crippen LogP contribution in [0.5, 0.6) is 0 Å². The summed E-state index contributed by atoms with van der Waals surface area (Å²) in [5, 5.41) is 18.2. The summed E-state index contributed by atoms with van der Waals surface area (Å²) in [6, 6.07) is 10.4. The van der Waals surface area contributed by atoms with Crippen LogP contribution < -0.4 is 10.6 Å². The Morgan fingerprint density at radius 1 is 1.00 bits per heavy atom. The minimum absolute atomic E-state index is 0.283. The van der Waals surface area contributed by atoms with Crippen molar-refractivity contribution >= 4 is 39.4 Å². The fourth-order valence-corrected chi connectivity index (χ4v) is 4.28. The molecule has 6 rings (SSSR count). The van der Waals surface area contributed by atoms with Gasteiger partial charge in [0.15, 0.2) is 5.65 Å². The highest BCUT2D eigenvalue weighted by atomic mass is 16.5. The van der Waals surface area contributed by atoms with Crippen LogP contribution in [0.4, 0.5) is 17.3 Å². The van der Waals surface area contributed by atoms with E-state index in [4.69, 9.17) is 14.7 Å². The van der Waals surface area contributed by atoms with E-state index in [0.717, 1.165) is 58.0 Å². The highest BCUT2D eigenvalue weighted by Gasteiger charge is 2.19. The summed E-state index contributed by atoms with van der Waals surface area (Å²) in [5.74, 6) is 1.54. The molecule has 1 atom stereocenters. The van der Waals surface area contributed by atoms with Crippen LogP contribution in [-0.2, 0) is 25.9 Å². The first kappa shape index (κ1) is 19.7. The number of ether oxygens (including phenoxy) is 1. The molecule has 0 saturated carbocycles. The van der Waals surface area contributed by atoms with Crippen molar-refractivity contribution in [2.45, 2.75) is 12.5 Å².